The molecule has 0 spiro atoms. The van der Waals surface area contributed by atoms with Crippen LogP contribution in [0, 0.1) is 6.92 Å². The van der Waals surface area contributed by atoms with Gasteiger partial charge < -0.3 is 0 Å². The molecule has 3 aromatic rings. The molecule has 0 unspecified atom stereocenters. The maximum absolute atomic E-state index is 5.93. The monoisotopic (exact) mass is 276 g/mol. The third kappa shape index (κ3) is 2.02. The second kappa shape index (κ2) is 4.51. The number of aromatic nitrogens is 4. The molecule has 2 heterocycles. The Hall–Kier alpha value is -1.72. The standard InChI is InChI=1S/C12H9ClN4S/c1-8-7-9(13)4-5-10(8)17-15-12(14-16-17)11-3-2-6-18-11/h2-7H,1H3. The zero-order valence-electron chi connectivity index (χ0n) is 9.54. The van der Waals surface area contributed by atoms with Gasteiger partial charge in [-0.15, -0.1) is 26.3 Å². The van der Waals surface area contributed by atoms with Crippen LogP contribution in [0.1, 0.15) is 5.56 Å². The normalized spacial score (nSPS) is 10.8. The van der Waals surface area contributed by atoms with Gasteiger partial charge in [-0.05, 0) is 47.3 Å². The minimum Gasteiger partial charge on any atom is -0.140 e. The Morgan fingerprint density at radius 1 is 1.28 bits per heavy atom. The van der Waals surface area contributed by atoms with Gasteiger partial charge in [0.05, 0.1) is 10.6 Å². The SMILES string of the molecule is Cc1cc(Cl)ccc1-n1nnc(-c2cccs2)n1. The van der Waals surface area contributed by atoms with Crippen LogP contribution in [0.15, 0.2) is 35.7 Å². The number of hydrogen-bond donors (Lipinski definition) is 0. The van der Waals surface area contributed by atoms with Gasteiger partial charge in [0.2, 0.25) is 5.82 Å². The van der Waals surface area contributed by atoms with E-state index in [9.17, 15) is 0 Å². The average molecular weight is 277 g/mol. The first-order chi connectivity index (χ1) is 8.74. The first kappa shape index (κ1) is 11.4. The molecule has 4 nitrogen and oxygen atoms in total. The highest BCUT2D eigenvalue weighted by atomic mass is 35.5. The number of thiophene rings is 1. The predicted octanol–water partition coefficient (Wildman–Crippen LogP) is 3.35. The topological polar surface area (TPSA) is 43.6 Å². The Kier molecular flexibility index (Phi) is 2.85. The molecule has 0 saturated carbocycles. The Morgan fingerprint density at radius 3 is 2.89 bits per heavy atom. The lowest BCUT2D eigenvalue weighted by atomic mass is 10.2. The smallest absolute Gasteiger partial charge is 0.140 e. The van der Waals surface area contributed by atoms with Gasteiger partial charge in [0, 0.05) is 5.02 Å². The van der Waals surface area contributed by atoms with Gasteiger partial charge in [-0.2, -0.15) is 0 Å². The highest BCUT2D eigenvalue weighted by Gasteiger charge is 2.09. The number of rotatable bonds is 2. The highest BCUT2D eigenvalue weighted by molar-refractivity contribution is 7.13. The summed E-state index contributed by atoms with van der Waals surface area (Å²) in [6.45, 7) is 1.97. The van der Waals surface area contributed by atoms with Crippen LogP contribution in [0.25, 0.3) is 16.4 Å². The zero-order valence-corrected chi connectivity index (χ0v) is 11.1. The van der Waals surface area contributed by atoms with Crippen LogP contribution in [0.5, 0.6) is 0 Å². The number of aryl methyl sites for hydroxylation is 1. The quantitative estimate of drug-likeness (QED) is 0.721. The van der Waals surface area contributed by atoms with Gasteiger partial charge in [0.15, 0.2) is 0 Å². The second-order valence-electron chi connectivity index (χ2n) is 3.81. The van der Waals surface area contributed by atoms with Gasteiger partial charge in [-0.3, -0.25) is 0 Å². The molecule has 1 aromatic carbocycles. The Balaban J connectivity index is 2.03. The molecule has 90 valence electrons. The van der Waals surface area contributed by atoms with Crippen LogP contribution >= 0.6 is 22.9 Å². The van der Waals surface area contributed by atoms with Gasteiger partial charge in [-0.1, -0.05) is 17.7 Å². The molecule has 3 rings (SSSR count). The lowest BCUT2D eigenvalue weighted by Gasteiger charge is -2.02. The van der Waals surface area contributed by atoms with E-state index in [0.29, 0.717) is 10.8 Å². The minimum atomic E-state index is 0.638. The van der Waals surface area contributed by atoms with E-state index in [0.717, 1.165) is 16.1 Å². The van der Waals surface area contributed by atoms with Crippen LogP contribution in [0.4, 0.5) is 0 Å². The van der Waals surface area contributed by atoms with Crippen LogP contribution in [0.3, 0.4) is 0 Å². The fraction of sp³-hybridized carbons (Fsp3) is 0.0833. The Morgan fingerprint density at radius 2 is 2.17 bits per heavy atom. The lowest BCUT2D eigenvalue weighted by molar-refractivity contribution is 0.716. The first-order valence-electron chi connectivity index (χ1n) is 5.34. The van der Waals surface area contributed by atoms with E-state index in [2.05, 4.69) is 15.4 Å². The van der Waals surface area contributed by atoms with Crippen molar-refractivity contribution in [1.82, 2.24) is 20.2 Å². The van der Waals surface area contributed by atoms with E-state index in [1.165, 1.54) is 4.80 Å². The molecule has 0 fully saturated rings. The number of tetrazole rings is 1. The summed E-state index contributed by atoms with van der Waals surface area (Å²) in [5.41, 5.74) is 1.90. The molecule has 6 heteroatoms. The van der Waals surface area contributed by atoms with E-state index in [1.807, 2.05) is 42.6 Å². The third-order valence-electron chi connectivity index (χ3n) is 2.53. The van der Waals surface area contributed by atoms with Gasteiger partial charge in [0.1, 0.15) is 0 Å². The van der Waals surface area contributed by atoms with Crippen molar-refractivity contribution in [3.05, 3.63) is 46.3 Å². The largest absolute Gasteiger partial charge is 0.215 e. The molecule has 18 heavy (non-hydrogen) atoms. The van der Waals surface area contributed by atoms with E-state index in [4.69, 9.17) is 11.6 Å². The van der Waals surface area contributed by atoms with E-state index >= 15 is 0 Å². The molecule has 0 aliphatic rings. The van der Waals surface area contributed by atoms with E-state index in [-0.39, 0.29) is 0 Å². The average Bonchev–Trinajstić information content (AvgIpc) is 2.99. The molecule has 0 atom stereocenters. The lowest BCUT2D eigenvalue weighted by Crippen LogP contribution is -2.01. The Labute approximate surface area is 113 Å². The van der Waals surface area contributed by atoms with Crippen molar-refractivity contribution in [1.29, 1.82) is 0 Å². The van der Waals surface area contributed by atoms with Crippen molar-refractivity contribution >= 4 is 22.9 Å². The van der Waals surface area contributed by atoms with Gasteiger partial charge >= 0.3 is 0 Å². The van der Waals surface area contributed by atoms with Crippen molar-refractivity contribution < 1.29 is 0 Å². The summed E-state index contributed by atoms with van der Waals surface area (Å²) in [7, 11) is 0. The molecule has 0 amide bonds. The molecule has 0 aliphatic heterocycles. The summed E-state index contributed by atoms with van der Waals surface area (Å²) in [6.07, 6.45) is 0. The highest BCUT2D eigenvalue weighted by Crippen LogP contribution is 2.22. The molecule has 0 bridgehead atoms. The number of halogens is 1. The van der Waals surface area contributed by atoms with Crippen molar-refractivity contribution in [2.24, 2.45) is 0 Å². The number of benzene rings is 1. The van der Waals surface area contributed by atoms with E-state index < -0.39 is 0 Å². The predicted molar refractivity (Wildman–Crippen MR) is 72.2 cm³/mol. The summed E-state index contributed by atoms with van der Waals surface area (Å²) in [4.78, 5) is 2.54. The van der Waals surface area contributed by atoms with Gasteiger partial charge in [0.25, 0.3) is 0 Å². The van der Waals surface area contributed by atoms with Crippen LogP contribution in [0.2, 0.25) is 5.02 Å². The van der Waals surface area contributed by atoms with Crippen molar-refractivity contribution in [3.8, 4) is 16.4 Å². The molecule has 0 radical (unpaired) electrons. The van der Waals surface area contributed by atoms with Crippen molar-refractivity contribution in [2.45, 2.75) is 6.92 Å². The first-order valence-corrected chi connectivity index (χ1v) is 6.60. The molecule has 0 saturated heterocycles. The summed E-state index contributed by atoms with van der Waals surface area (Å²) in [6, 6.07) is 9.52. The maximum Gasteiger partial charge on any atom is 0.215 e. The van der Waals surface area contributed by atoms with Crippen LogP contribution in [-0.2, 0) is 0 Å². The van der Waals surface area contributed by atoms with E-state index in [1.54, 1.807) is 11.3 Å². The molecule has 0 aliphatic carbocycles. The molecular weight excluding hydrogens is 268 g/mol. The summed E-state index contributed by atoms with van der Waals surface area (Å²) in [5.74, 6) is 0.638. The maximum atomic E-state index is 5.93. The summed E-state index contributed by atoms with van der Waals surface area (Å²) < 4.78 is 0. The minimum absolute atomic E-state index is 0.638. The molecule has 0 N–H and O–H groups in total. The van der Waals surface area contributed by atoms with Crippen LogP contribution < -0.4 is 0 Å². The number of hydrogen-bond acceptors (Lipinski definition) is 4. The molecular formula is C12H9ClN4S. The fourth-order valence-electron chi connectivity index (χ4n) is 1.66. The summed E-state index contributed by atoms with van der Waals surface area (Å²) in [5, 5.41) is 15.2. The van der Waals surface area contributed by atoms with Crippen molar-refractivity contribution in [2.75, 3.05) is 0 Å². The Bertz CT molecular complexity index is 675. The fourth-order valence-corrected chi connectivity index (χ4v) is 2.54. The number of nitrogens with zero attached hydrogens (tertiary/aromatic N) is 4. The van der Waals surface area contributed by atoms with Crippen molar-refractivity contribution in [3.63, 3.8) is 0 Å². The zero-order chi connectivity index (χ0) is 12.5. The molecule has 2 aromatic heterocycles. The summed E-state index contributed by atoms with van der Waals surface area (Å²) >= 11 is 7.52. The van der Waals surface area contributed by atoms with Crippen LogP contribution in [-0.4, -0.2) is 20.2 Å². The second-order valence-corrected chi connectivity index (χ2v) is 5.19. The van der Waals surface area contributed by atoms with Gasteiger partial charge in [-0.25, -0.2) is 0 Å². The third-order valence-corrected chi connectivity index (χ3v) is 3.63.